The minimum atomic E-state index is 0.801. The minimum absolute atomic E-state index is 0.801. The zero-order valence-corrected chi connectivity index (χ0v) is 15.3. The molecule has 3 heterocycles. The third-order valence-electron chi connectivity index (χ3n) is 3.84. The van der Waals surface area contributed by atoms with Gasteiger partial charge in [0.15, 0.2) is 0 Å². The summed E-state index contributed by atoms with van der Waals surface area (Å²) in [5.41, 5.74) is 1.64. The Balaban J connectivity index is 1.60. The molecule has 1 radical (unpaired) electrons. The van der Waals surface area contributed by atoms with Crippen LogP contribution in [0.1, 0.15) is 12.6 Å². The Labute approximate surface area is 150 Å². The van der Waals surface area contributed by atoms with Gasteiger partial charge in [0, 0.05) is 0 Å². The topological polar surface area (TPSA) is 57.0 Å². The Kier molecular flexibility index (Phi) is 5.56. The standard InChI is InChI=1S/C17H19N6Se/c1-14(15-6-2-4-8-18-15)20-21-17(24)23-12-10-22(11-13-23)16-7-3-5-9-19-16/h2-9H,10-13H2,1H3/b20-14-,21-17-. The van der Waals surface area contributed by atoms with Crippen molar-refractivity contribution in [2.75, 3.05) is 31.1 Å². The van der Waals surface area contributed by atoms with Crippen LogP contribution in [0.3, 0.4) is 0 Å². The summed E-state index contributed by atoms with van der Waals surface area (Å²) in [4.78, 5) is 13.2. The van der Waals surface area contributed by atoms with Crippen molar-refractivity contribution in [3.8, 4) is 0 Å². The summed E-state index contributed by atoms with van der Waals surface area (Å²) < 4.78 is 0.811. The van der Waals surface area contributed by atoms with Crippen LogP contribution < -0.4 is 4.90 Å². The molecule has 0 unspecified atom stereocenters. The van der Waals surface area contributed by atoms with E-state index in [0.29, 0.717) is 0 Å². The second-order valence-electron chi connectivity index (χ2n) is 5.44. The van der Waals surface area contributed by atoms with Crippen LogP contribution in [0.5, 0.6) is 0 Å². The molecule has 7 heteroatoms. The average molecular weight is 386 g/mol. The molecule has 0 aromatic carbocycles. The molecule has 0 spiro atoms. The van der Waals surface area contributed by atoms with Gasteiger partial charge in [-0.1, -0.05) is 0 Å². The number of rotatable bonds is 3. The summed E-state index contributed by atoms with van der Waals surface area (Å²) in [6.45, 7) is 5.53. The summed E-state index contributed by atoms with van der Waals surface area (Å²) in [5, 5.41) is 8.61. The predicted octanol–water partition coefficient (Wildman–Crippen LogP) is 1.55. The maximum absolute atomic E-state index is 4.41. The Bertz CT molecular complexity index is 708. The molecule has 0 N–H and O–H groups in total. The molecule has 0 saturated carbocycles. The van der Waals surface area contributed by atoms with Gasteiger partial charge in [-0.3, -0.25) is 0 Å². The van der Waals surface area contributed by atoms with E-state index in [1.165, 1.54) is 0 Å². The second kappa shape index (κ2) is 8.04. The number of amidine groups is 1. The van der Waals surface area contributed by atoms with Crippen molar-refractivity contribution in [1.29, 1.82) is 0 Å². The molecule has 2 aromatic heterocycles. The van der Waals surface area contributed by atoms with Gasteiger partial charge in [-0.25, -0.2) is 0 Å². The molecule has 0 atom stereocenters. The van der Waals surface area contributed by atoms with Crippen molar-refractivity contribution in [2.24, 2.45) is 10.2 Å². The fraction of sp³-hybridized carbons (Fsp3) is 0.294. The first kappa shape index (κ1) is 16.6. The molecular weight excluding hydrogens is 367 g/mol. The van der Waals surface area contributed by atoms with Crippen molar-refractivity contribution in [3.63, 3.8) is 0 Å². The maximum atomic E-state index is 4.41. The van der Waals surface area contributed by atoms with Crippen LogP contribution in [0, 0.1) is 0 Å². The van der Waals surface area contributed by atoms with Crippen LogP contribution in [0.15, 0.2) is 59.0 Å². The van der Waals surface area contributed by atoms with Gasteiger partial charge >= 0.3 is 150 Å². The van der Waals surface area contributed by atoms with E-state index in [1.54, 1.807) is 6.20 Å². The molecule has 6 nitrogen and oxygen atoms in total. The van der Waals surface area contributed by atoms with Crippen molar-refractivity contribution in [1.82, 2.24) is 14.9 Å². The average Bonchev–Trinajstić information content (AvgIpc) is 2.67. The van der Waals surface area contributed by atoms with Gasteiger partial charge in [-0.15, -0.1) is 0 Å². The third kappa shape index (κ3) is 4.19. The van der Waals surface area contributed by atoms with E-state index in [9.17, 15) is 0 Å². The van der Waals surface area contributed by atoms with E-state index >= 15 is 0 Å². The summed E-state index contributed by atoms with van der Waals surface area (Å²) in [6.07, 6.45) is 3.59. The summed E-state index contributed by atoms with van der Waals surface area (Å²) in [6, 6.07) is 11.8. The molecule has 1 saturated heterocycles. The van der Waals surface area contributed by atoms with E-state index in [-0.39, 0.29) is 0 Å². The summed E-state index contributed by atoms with van der Waals surface area (Å²) in [5.74, 6) is 1.03. The number of piperazine rings is 1. The zero-order chi connectivity index (χ0) is 16.8. The molecule has 1 aliphatic heterocycles. The monoisotopic (exact) mass is 387 g/mol. The van der Waals surface area contributed by atoms with Crippen molar-refractivity contribution in [2.45, 2.75) is 6.92 Å². The van der Waals surface area contributed by atoms with Gasteiger partial charge in [0.05, 0.1) is 0 Å². The summed E-state index contributed by atoms with van der Waals surface area (Å²) in [7, 11) is 0. The molecule has 1 aliphatic rings. The zero-order valence-electron chi connectivity index (χ0n) is 13.5. The first-order chi connectivity index (χ1) is 11.7. The van der Waals surface area contributed by atoms with Crippen molar-refractivity contribution < 1.29 is 0 Å². The number of hydrogen-bond acceptors (Lipinski definition) is 5. The molecule has 0 bridgehead atoms. The fourth-order valence-corrected chi connectivity index (χ4v) is 2.95. The Morgan fingerprint density at radius 3 is 2.29 bits per heavy atom. The number of aromatic nitrogens is 2. The fourth-order valence-electron chi connectivity index (χ4n) is 2.48. The van der Waals surface area contributed by atoms with Crippen LogP contribution in [0.4, 0.5) is 5.82 Å². The van der Waals surface area contributed by atoms with E-state index < -0.39 is 0 Å². The van der Waals surface area contributed by atoms with Gasteiger partial charge in [0.1, 0.15) is 0 Å². The molecule has 0 aliphatic carbocycles. The first-order valence-corrected chi connectivity index (χ1v) is 8.71. The van der Waals surface area contributed by atoms with Crippen LogP contribution >= 0.6 is 0 Å². The number of anilines is 1. The van der Waals surface area contributed by atoms with E-state index in [2.05, 4.69) is 46.0 Å². The summed E-state index contributed by atoms with van der Waals surface area (Å²) >= 11 is 3.02. The van der Waals surface area contributed by atoms with Crippen LogP contribution in [-0.4, -0.2) is 67.5 Å². The van der Waals surface area contributed by atoms with E-state index in [4.69, 9.17) is 0 Å². The normalized spacial score (nSPS) is 16.4. The van der Waals surface area contributed by atoms with Crippen LogP contribution in [-0.2, 0) is 0 Å². The number of hydrogen-bond donors (Lipinski definition) is 0. The van der Waals surface area contributed by atoms with E-state index in [1.807, 2.05) is 49.5 Å². The molecule has 123 valence electrons. The van der Waals surface area contributed by atoms with E-state index in [0.717, 1.165) is 48.1 Å². The number of pyridine rings is 2. The third-order valence-corrected chi connectivity index (χ3v) is 4.56. The van der Waals surface area contributed by atoms with Crippen molar-refractivity contribution in [3.05, 3.63) is 54.5 Å². The van der Waals surface area contributed by atoms with Gasteiger partial charge < -0.3 is 0 Å². The second-order valence-corrected chi connectivity index (χ2v) is 6.21. The van der Waals surface area contributed by atoms with Crippen molar-refractivity contribution >= 4 is 32.3 Å². The quantitative estimate of drug-likeness (QED) is 0.348. The van der Waals surface area contributed by atoms with Gasteiger partial charge in [0.2, 0.25) is 0 Å². The van der Waals surface area contributed by atoms with Crippen LogP contribution in [0.25, 0.3) is 0 Å². The van der Waals surface area contributed by atoms with Crippen LogP contribution in [0.2, 0.25) is 0 Å². The van der Waals surface area contributed by atoms with Gasteiger partial charge in [-0.2, -0.15) is 0 Å². The molecule has 2 aromatic rings. The molecule has 24 heavy (non-hydrogen) atoms. The predicted molar refractivity (Wildman–Crippen MR) is 97.7 cm³/mol. The Morgan fingerprint density at radius 1 is 0.958 bits per heavy atom. The molecule has 3 rings (SSSR count). The Hall–Kier alpha value is -2.24. The first-order valence-electron chi connectivity index (χ1n) is 7.85. The molecule has 0 amide bonds. The molecule has 1 fully saturated rings. The molecular formula is C17H19N6Se. The SMILES string of the molecule is C/C(=N/N=C(\[Se])N1CCN(c2ccccn2)CC1)c1ccccn1. The van der Waals surface area contributed by atoms with Gasteiger partial charge in [-0.05, 0) is 0 Å². The number of nitrogens with zero attached hydrogens (tertiary/aromatic N) is 6. The van der Waals surface area contributed by atoms with Gasteiger partial charge in [0.25, 0.3) is 0 Å². The Morgan fingerprint density at radius 2 is 1.67 bits per heavy atom.